The maximum Gasteiger partial charge on any atom is 0.315 e. The smallest absolute Gasteiger partial charge is 0.315 e. The molecule has 0 unspecified atom stereocenters. The molecular weight excluding hydrogens is 364 g/mol. The number of rotatable bonds is 3. The Morgan fingerprint density at radius 3 is 2.50 bits per heavy atom. The van der Waals surface area contributed by atoms with Crippen LogP contribution in [0.3, 0.4) is 0 Å². The Morgan fingerprint density at radius 2 is 1.85 bits per heavy atom. The minimum atomic E-state index is -0.834. The largest absolute Gasteiger partial charge is 0.504 e. The molecule has 0 aliphatic carbocycles. The predicted octanol–water partition coefficient (Wildman–Crippen LogP) is 3.70. The number of aryl methyl sites for hydroxylation is 1. The average molecular weight is 377 g/mol. The molecule has 0 saturated heterocycles. The van der Waals surface area contributed by atoms with Crippen LogP contribution in [0.2, 0.25) is 5.15 Å². The minimum Gasteiger partial charge on any atom is -0.504 e. The van der Waals surface area contributed by atoms with Crippen LogP contribution in [0.15, 0.2) is 16.7 Å². The predicted molar refractivity (Wildman–Crippen MR) is 92.2 cm³/mol. The van der Waals surface area contributed by atoms with Gasteiger partial charge in [0.1, 0.15) is 5.15 Å². The molecule has 1 aromatic carbocycles. The van der Waals surface area contributed by atoms with Crippen LogP contribution < -0.4 is 0 Å². The highest BCUT2D eigenvalue weighted by Crippen LogP contribution is 2.39. The first-order valence-corrected chi connectivity index (χ1v) is 7.76. The van der Waals surface area contributed by atoms with Crippen LogP contribution in [0.1, 0.15) is 16.8 Å². The molecule has 0 atom stereocenters. The van der Waals surface area contributed by atoms with Gasteiger partial charge in [-0.15, -0.1) is 0 Å². The van der Waals surface area contributed by atoms with E-state index >= 15 is 0 Å². The van der Waals surface area contributed by atoms with Crippen molar-refractivity contribution < 1.29 is 19.7 Å². The van der Waals surface area contributed by atoms with E-state index in [1.54, 1.807) is 0 Å². The highest BCUT2D eigenvalue weighted by molar-refractivity contribution is 6.32. The second-order valence-electron chi connectivity index (χ2n) is 5.66. The Bertz CT molecular complexity index is 1050. The molecule has 2 heterocycles. The number of nitro groups is 1. The van der Waals surface area contributed by atoms with Crippen molar-refractivity contribution in [1.29, 1.82) is 0 Å². The first-order chi connectivity index (χ1) is 12.2. The fourth-order valence-electron chi connectivity index (χ4n) is 2.46. The summed E-state index contributed by atoms with van der Waals surface area (Å²) < 4.78 is 5.23. The molecule has 10 heteroatoms. The molecule has 0 radical (unpaired) electrons. The van der Waals surface area contributed by atoms with Gasteiger partial charge in [-0.1, -0.05) is 16.8 Å². The third-order valence-electron chi connectivity index (χ3n) is 4.12. The number of aromatic hydroxyl groups is 2. The van der Waals surface area contributed by atoms with E-state index in [4.69, 9.17) is 16.1 Å². The molecule has 0 spiro atoms. The number of pyridine rings is 1. The average Bonchev–Trinajstić information content (AvgIpc) is 3.04. The molecule has 26 heavy (non-hydrogen) atoms. The first kappa shape index (κ1) is 17.6. The number of nitrogens with zero attached hydrogens (tertiary/aromatic N) is 4. The summed E-state index contributed by atoms with van der Waals surface area (Å²) in [5, 5.41) is 34.2. The van der Waals surface area contributed by atoms with E-state index in [0.717, 1.165) is 29.0 Å². The number of aromatic nitrogens is 3. The van der Waals surface area contributed by atoms with E-state index in [2.05, 4.69) is 15.1 Å². The zero-order chi connectivity index (χ0) is 19.2. The third-order valence-corrected chi connectivity index (χ3v) is 4.39. The molecule has 9 nitrogen and oxygen atoms in total. The maximum absolute atomic E-state index is 11.0. The van der Waals surface area contributed by atoms with Crippen LogP contribution in [0.5, 0.6) is 11.5 Å². The standard InChI is InChI=1S/C16H13ClN4O5/c1-6-7(2)12(14(17)18-8(6)3)16-19-15(20-26-16)9-4-10(21(24)25)13(23)11(22)5-9/h4-5,22-23H,1-3H3. The van der Waals surface area contributed by atoms with E-state index in [1.807, 2.05) is 20.8 Å². The van der Waals surface area contributed by atoms with Crippen molar-refractivity contribution in [2.75, 3.05) is 0 Å². The van der Waals surface area contributed by atoms with Crippen LogP contribution in [-0.2, 0) is 0 Å². The Hall–Kier alpha value is -3.20. The second kappa shape index (κ2) is 6.26. The van der Waals surface area contributed by atoms with Gasteiger partial charge in [-0.2, -0.15) is 4.98 Å². The van der Waals surface area contributed by atoms with Crippen molar-refractivity contribution in [2.45, 2.75) is 20.8 Å². The lowest BCUT2D eigenvalue weighted by molar-refractivity contribution is -0.385. The number of hydrogen-bond acceptors (Lipinski definition) is 8. The van der Waals surface area contributed by atoms with E-state index in [9.17, 15) is 20.3 Å². The molecule has 2 aromatic heterocycles. The van der Waals surface area contributed by atoms with Crippen LogP contribution in [-0.4, -0.2) is 30.3 Å². The van der Waals surface area contributed by atoms with Gasteiger partial charge in [-0.05, 0) is 38.0 Å². The summed E-state index contributed by atoms with van der Waals surface area (Å²) in [4.78, 5) is 18.6. The lowest BCUT2D eigenvalue weighted by Crippen LogP contribution is -1.97. The third kappa shape index (κ3) is 2.82. The first-order valence-electron chi connectivity index (χ1n) is 7.38. The Kier molecular flexibility index (Phi) is 4.25. The summed E-state index contributed by atoms with van der Waals surface area (Å²) in [5.74, 6) is -1.41. The molecule has 0 amide bonds. The normalized spacial score (nSPS) is 10.9. The van der Waals surface area contributed by atoms with Crippen molar-refractivity contribution in [3.8, 4) is 34.3 Å². The molecule has 3 rings (SSSR count). The fraction of sp³-hybridized carbons (Fsp3) is 0.188. The summed E-state index contributed by atoms with van der Waals surface area (Å²) in [7, 11) is 0. The lowest BCUT2D eigenvalue weighted by atomic mass is 10.0. The molecule has 0 bridgehead atoms. The van der Waals surface area contributed by atoms with Gasteiger partial charge in [0.05, 0.1) is 10.5 Å². The molecule has 0 saturated carbocycles. The topological polar surface area (TPSA) is 135 Å². The van der Waals surface area contributed by atoms with Gasteiger partial charge in [0.25, 0.3) is 5.89 Å². The Morgan fingerprint density at radius 1 is 1.15 bits per heavy atom. The molecule has 0 aliphatic heterocycles. The van der Waals surface area contributed by atoms with Gasteiger partial charge in [-0.25, -0.2) is 4.98 Å². The zero-order valence-corrected chi connectivity index (χ0v) is 14.7. The van der Waals surface area contributed by atoms with Gasteiger partial charge in [-0.3, -0.25) is 10.1 Å². The molecule has 0 fully saturated rings. The molecule has 2 N–H and O–H groups in total. The van der Waals surface area contributed by atoms with E-state index in [-0.39, 0.29) is 22.4 Å². The second-order valence-corrected chi connectivity index (χ2v) is 6.01. The van der Waals surface area contributed by atoms with Gasteiger partial charge < -0.3 is 14.7 Å². The monoisotopic (exact) mass is 376 g/mol. The molecule has 134 valence electrons. The number of halogens is 1. The number of phenolic OH excluding ortho intramolecular Hbond substituents is 2. The Labute approximate surface area is 152 Å². The number of phenols is 2. The summed E-state index contributed by atoms with van der Waals surface area (Å²) in [6.07, 6.45) is 0. The van der Waals surface area contributed by atoms with Crippen LogP contribution in [0.4, 0.5) is 5.69 Å². The van der Waals surface area contributed by atoms with Crippen LogP contribution in [0, 0.1) is 30.9 Å². The zero-order valence-electron chi connectivity index (χ0n) is 13.9. The summed E-state index contributed by atoms with van der Waals surface area (Å²) >= 11 is 6.21. The van der Waals surface area contributed by atoms with E-state index < -0.39 is 22.1 Å². The quantitative estimate of drug-likeness (QED) is 0.305. The number of nitro benzene ring substituents is 1. The van der Waals surface area contributed by atoms with Crippen LogP contribution in [0.25, 0.3) is 22.8 Å². The summed E-state index contributed by atoms with van der Waals surface area (Å²) in [6, 6.07) is 2.14. The minimum absolute atomic E-state index is 0.00732. The highest BCUT2D eigenvalue weighted by Gasteiger charge is 2.23. The molecular formula is C16H13ClN4O5. The highest BCUT2D eigenvalue weighted by atomic mass is 35.5. The van der Waals surface area contributed by atoms with Crippen molar-refractivity contribution in [1.82, 2.24) is 15.1 Å². The Balaban J connectivity index is 2.13. The molecule has 3 aromatic rings. The maximum atomic E-state index is 11.0. The fourth-order valence-corrected chi connectivity index (χ4v) is 2.81. The summed E-state index contributed by atoms with van der Waals surface area (Å²) in [6.45, 7) is 5.55. The van der Waals surface area contributed by atoms with Gasteiger partial charge in [0.15, 0.2) is 5.75 Å². The number of hydrogen-bond donors (Lipinski definition) is 2. The van der Waals surface area contributed by atoms with Crippen LogP contribution >= 0.6 is 11.6 Å². The lowest BCUT2D eigenvalue weighted by Gasteiger charge is -2.09. The van der Waals surface area contributed by atoms with Crippen molar-refractivity contribution in [3.05, 3.63) is 44.2 Å². The van der Waals surface area contributed by atoms with E-state index in [0.29, 0.717) is 5.56 Å². The van der Waals surface area contributed by atoms with Crippen molar-refractivity contribution >= 4 is 17.3 Å². The molecule has 0 aliphatic rings. The summed E-state index contributed by atoms with van der Waals surface area (Å²) in [5.41, 5.74) is 2.40. The van der Waals surface area contributed by atoms with Gasteiger partial charge in [0, 0.05) is 17.3 Å². The van der Waals surface area contributed by atoms with Crippen molar-refractivity contribution in [3.63, 3.8) is 0 Å². The number of benzene rings is 1. The van der Waals surface area contributed by atoms with Crippen molar-refractivity contribution in [2.24, 2.45) is 0 Å². The SMILES string of the molecule is Cc1nc(Cl)c(-c2nc(-c3cc(O)c(O)c([N+](=O)[O-])c3)no2)c(C)c1C. The van der Waals surface area contributed by atoms with E-state index in [1.165, 1.54) is 0 Å². The van der Waals surface area contributed by atoms with Gasteiger partial charge >= 0.3 is 5.69 Å². The van der Waals surface area contributed by atoms with Gasteiger partial charge in [0.2, 0.25) is 11.6 Å².